The van der Waals surface area contributed by atoms with Crippen LogP contribution in [0.5, 0.6) is 5.75 Å². The van der Waals surface area contributed by atoms with E-state index in [1.807, 2.05) is 66.1 Å². The van der Waals surface area contributed by atoms with Gasteiger partial charge in [-0.1, -0.05) is 23.5 Å². The number of fused-ring (bicyclic) bond motifs is 1. The molecule has 0 unspecified atom stereocenters. The van der Waals surface area contributed by atoms with Gasteiger partial charge in [-0.3, -0.25) is 9.20 Å². The predicted molar refractivity (Wildman–Crippen MR) is 120 cm³/mol. The molecule has 1 N–H and O–H groups in total. The van der Waals surface area contributed by atoms with Crippen molar-refractivity contribution in [2.24, 2.45) is 0 Å². The van der Waals surface area contributed by atoms with Gasteiger partial charge < -0.3 is 10.1 Å². The lowest BCUT2D eigenvalue weighted by molar-refractivity contribution is 0.0954. The molecule has 0 aliphatic heterocycles. The van der Waals surface area contributed by atoms with Crippen LogP contribution in [0.15, 0.2) is 54.7 Å². The number of rotatable bonds is 5. The molecule has 0 saturated heterocycles. The second-order valence-corrected chi connectivity index (χ2v) is 8.56. The second kappa shape index (κ2) is 7.92. The highest BCUT2D eigenvalue weighted by molar-refractivity contribution is 14.1. The first-order valence-electron chi connectivity index (χ1n) is 8.70. The van der Waals surface area contributed by atoms with Crippen LogP contribution >= 0.6 is 33.9 Å². The number of hydrogen-bond donors (Lipinski definition) is 1. The summed E-state index contributed by atoms with van der Waals surface area (Å²) >= 11 is 3.67. The molecule has 5 nitrogen and oxygen atoms in total. The molecule has 4 rings (SSSR count). The average Bonchev–Trinajstić information content (AvgIpc) is 3.27. The van der Waals surface area contributed by atoms with Crippen LogP contribution in [0, 0.1) is 10.5 Å². The number of benzene rings is 2. The summed E-state index contributed by atoms with van der Waals surface area (Å²) in [4.78, 5) is 18.8. The number of carbonyl (C=O) groups excluding carboxylic acids is 1. The summed E-state index contributed by atoms with van der Waals surface area (Å²) < 4.78 is 8.36. The van der Waals surface area contributed by atoms with Crippen LogP contribution in [-0.2, 0) is 6.54 Å². The Labute approximate surface area is 180 Å². The van der Waals surface area contributed by atoms with Gasteiger partial charge in [-0.05, 0) is 71.5 Å². The lowest BCUT2D eigenvalue weighted by Gasteiger charge is -2.05. The zero-order valence-corrected chi connectivity index (χ0v) is 18.4. The minimum absolute atomic E-state index is 0.0717. The van der Waals surface area contributed by atoms with E-state index in [9.17, 15) is 4.79 Å². The zero-order chi connectivity index (χ0) is 19.7. The highest BCUT2D eigenvalue weighted by atomic mass is 127. The van der Waals surface area contributed by atoms with Crippen molar-refractivity contribution in [2.45, 2.75) is 13.5 Å². The Bertz CT molecular complexity index is 1130. The first kappa shape index (κ1) is 18.9. The van der Waals surface area contributed by atoms with Gasteiger partial charge in [0.1, 0.15) is 10.6 Å². The van der Waals surface area contributed by atoms with Crippen molar-refractivity contribution >= 4 is 44.8 Å². The van der Waals surface area contributed by atoms with E-state index in [4.69, 9.17) is 9.72 Å². The molecule has 7 heteroatoms. The largest absolute Gasteiger partial charge is 0.497 e. The van der Waals surface area contributed by atoms with Gasteiger partial charge >= 0.3 is 0 Å². The molecule has 1 amide bonds. The SMILES string of the molecule is COc1ccc(-c2cn3c(C)c(C(=O)NCc4ccc(I)cc4)sc3n2)cc1. The van der Waals surface area contributed by atoms with E-state index in [-0.39, 0.29) is 5.91 Å². The van der Waals surface area contributed by atoms with E-state index in [2.05, 4.69) is 27.9 Å². The van der Waals surface area contributed by atoms with Crippen LogP contribution in [0.25, 0.3) is 16.2 Å². The molecule has 0 radical (unpaired) electrons. The van der Waals surface area contributed by atoms with Gasteiger partial charge in [0.2, 0.25) is 0 Å². The van der Waals surface area contributed by atoms with Crippen LogP contribution in [-0.4, -0.2) is 22.4 Å². The Balaban J connectivity index is 1.53. The molecular formula is C21H18IN3O2S. The number of halogens is 1. The summed E-state index contributed by atoms with van der Waals surface area (Å²) in [7, 11) is 1.65. The molecule has 2 aromatic heterocycles. The minimum Gasteiger partial charge on any atom is -0.497 e. The Kier molecular flexibility index (Phi) is 5.36. The Morgan fingerprint density at radius 1 is 1.18 bits per heavy atom. The maximum atomic E-state index is 12.6. The van der Waals surface area contributed by atoms with Crippen molar-refractivity contribution in [3.05, 3.63) is 74.4 Å². The maximum absolute atomic E-state index is 12.6. The summed E-state index contributed by atoms with van der Waals surface area (Å²) in [6.07, 6.45) is 1.97. The molecule has 28 heavy (non-hydrogen) atoms. The average molecular weight is 503 g/mol. The zero-order valence-electron chi connectivity index (χ0n) is 15.4. The number of carbonyl (C=O) groups is 1. The van der Waals surface area contributed by atoms with Gasteiger partial charge in [0, 0.05) is 27.6 Å². The molecule has 2 heterocycles. The fraction of sp³-hybridized carbons (Fsp3) is 0.143. The monoisotopic (exact) mass is 503 g/mol. The number of thiazole rings is 1. The van der Waals surface area contributed by atoms with Crippen molar-refractivity contribution in [3.63, 3.8) is 0 Å². The molecule has 4 aromatic rings. The molecule has 2 aromatic carbocycles. The van der Waals surface area contributed by atoms with E-state index >= 15 is 0 Å². The number of nitrogens with one attached hydrogen (secondary N) is 1. The smallest absolute Gasteiger partial charge is 0.263 e. The molecule has 0 saturated carbocycles. The molecule has 142 valence electrons. The van der Waals surface area contributed by atoms with Crippen molar-refractivity contribution in [1.82, 2.24) is 14.7 Å². The molecule has 0 fully saturated rings. The fourth-order valence-corrected chi connectivity index (χ4v) is 4.31. The lowest BCUT2D eigenvalue weighted by Crippen LogP contribution is -2.22. The number of methoxy groups -OCH3 is 1. The highest BCUT2D eigenvalue weighted by Crippen LogP contribution is 2.28. The van der Waals surface area contributed by atoms with Crippen LogP contribution in [0.4, 0.5) is 0 Å². The third-order valence-corrected chi connectivity index (χ3v) is 6.39. The quantitative estimate of drug-likeness (QED) is 0.394. The van der Waals surface area contributed by atoms with Gasteiger partial charge in [0.25, 0.3) is 5.91 Å². The number of ether oxygens (including phenoxy) is 1. The predicted octanol–water partition coefficient (Wildman–Crippen LogP) is 4.91. The summed E-state index contributed by atoms with van der Waals surface area (Å²) in [6.45, 7) is 2.45. The Morgan fingerprint density at radius 3 is 2.54 bits per heavy atom. The fourth-order valence-electron chi connectivity index (χ4n) is 2.93. The van der Waals surface area contributed by atoms with E-state index in [0.717, 1.165) is 33.2 Å². The highest BCUT2D eigenvalue weighted by Gasteiger charge is 2.18. The van der Waals surface area contributed by atoms with E-state index in [0.29, 0.717) is 11.4 Å². The molecule has 0 aliphatic carbocycles. The first-order chi connectivity index (χ1) is 13.5. The summed E-state index contributed by atoms with van der Waals surface area (Å²) in [6, 6.07) is 15.9. The van der Waals surface area contributed by atoms with Gasteiger partial charge in [-0.25, -0.2) is 4.98 Å². The molecule has 0 spiro atoms. The number of aryl methyl sites for hydroxylation is 1. The van der Waals surface area contributed by atoms with Crippen molar-refractivity contribution in [3.8, 4) is 17.0 Å². The van der Waals surface area contributed by atoms with Gasteiger partial charge in [-0.15, -0.1) is 0 Å². The minimum atomic E-state index is -0.0717. The van der Waals surface area contributed by atoms with E-state index in [1.54, 1.807) is 7.11 Å². The van der Waals surface area contributed by atoms with Crippen LogP contribution < -0.4 is 10.1 Å². The van der Waals surface area contributed by atoms with Gasteiger partial charge in [0.05, 0.1) is 12.8 Å². The molecule has 0 bridgehead atoms. The summed E-state index contributed by atoms with van der Waals surface area (Å²) in [5.41, 5.74) is 3.87. The Morgan fingerprint density at radius 2 is 1.89 bits per heavy atom. The van der Waals surface area contributed by atoms with Gasteiger partial charge in [-0.2, -0.15) is 0 Å². The normalized spacial score (nSPS) is 11.0. The van der Waals surface area contributed by atoms with Crippen molar-refractivity contribution < 1.29 is 9.53 Å². The number of nitrogens with zero attached hydrogens (tertiary/aromatic N) is 2. The van der Waals surface area contributed by atoms with Crippen LogP contribution in [0.2, 0.25) is 0 Å². The topological polar surface area (TPSA) is 55.6 Å². The number of hydrogen-bond acceptors (Lipinski definition) is 4. The lowest BCUT2D eigenvalue weighted by atomic mass is 10.2. The Hall–Kier alpha value is -2.39. The van der Waals surface area contributed by atoms with Gasteiger partial charge in [0.15, 0.2) is 4.96 Å². The van der Waals surface area contributed by atoms with Crippen LogP contribution in [0.3, 0.4) is 0 Å². The third kappa shape index (κ3) is 3.77. The molecule has 0 aliphatic rings. The van der Waals surface area contributed by atoms with Crippen LogP contribution in [0.1, 0.15) is 20.9 Å². The molecular weight excluding hydrogens is 485 g/mol. The first-order valence-corrected chi connectivity index (χ1v) is 10.6. The summed E-state index contributed by atoms with van der Waals surface area (Å²) in [5, 5.41) is 3.00. The number of imidazole rings is 1. The second-order valence-electron chi connectivity index (χ2n) is 6.33. The van der Waals surface area contributed by atoms with E-state index in [1.165, 1.54) is 14.9 Å². The number of aromatic nitrogens is 2. The third-order valence-electron chi connectivity index (χ3n) is 4.52. The van der Waals surface area contributed by atoms with E-state index < -0.39 is 0 Å². The van der Waals surface area contributed by atoms with Crippen molar-refractivity contribution in [2.75, 3.05) is 7.11 Å². The molecule has 0 atom stereocenters. The van der Waals surface area contributed by atoms with Crippen molar-refractivity contribution in [1.29, 1.82) is 0 Å². The standard InChI is InChI=1S/C21H18IN3O2S/c1-13-19(20(26)23-11-14-3-7-16(22)8-4-14)28-21-24-18(12-25(13)21)15-5-9-17(27-2)10-6-15/h3-10,12H,11H2,1-2H3,(H,23,26). The maximum Gasteiger partial charge on any atom is 0.263 e. The summed E-state index contributed by atoms with van der Waals surface area (Å²) in [5.74, 6) is 0.741. The number of amides is 1.